The predicted molar refractivity (Wildman–Crippen MR) is 113 cm³/mol. The van der Waals surface area contributed by atoms with Crippen LogP contribution in [0.25, 0.3) is 0 Å². The van der Waals surface area contributed by atoms with Crippen molar-refractivity contribution in [3.05, 3.63) is 48.4 Å². The van der Waals surface area contributed by atoms with E-state index in [1.807, 2.05) is 55.2 Å². The number of amides is 2. The summed E-state index contributed by atoms with van der Waals surface area (Å²) in [4.78, 5) is 25.1. The lowest BCUT2D eigenvalue weighted by Gasteiger charge is -2.24. The van der Waals surface area contributed by atoms with Gasteiger partial charge in [0.25, 0.3) is 0 Å². The molecule has 2 N–H and O–H groups in total. The topological polar surface area (TPSA) is 73.4 Å². The molecule has 2 aromatic heterocycles. The van der Waals surface area contributed by atoms with Gasteiger partial charge in [-0.3, -0.25) is 4.98 Å². The zero-order chi connectivity index (χ0) is 19.9. The average molecular weight is 383 g/mol. The first-order chi connectivity index (χ1) is 13.5. The molecule has 7 heteroatoms. The highest BCUT2D eigenvalue weighted by molar-refractivity contribution is 5.74. The van der Waals surface area contributed by atoms with E-state index >= 15 is 0 Å². The fourth-order valence-electron chi connectivity index (χ4n) is 3.41. The molecule has 0 aromatic carbocycles. The Morgan fingerprint density at radius 2 is 2.07 bits per heavy atom. The Kier molecular flexibility index (Phi) is 6.68. The quantitative estimate of drug-likeness (QED) is 0.830. The molecule has 0 bridgehead atoms. The summed E-state index contributed by atoms with van der Waals surface area (Å²) in [6.45, 7) is 3.51. The average Bonchev–Trinajstić information content (AvgIpc) is 2.94. The SMILES string of the molecule is C[C@@H](NC(=O)N1CCC[C@@H](Nc2ccc(N(C)C)nc2)CC1)c1cccnc1. The minimum Gasteiger partial charge on any atom is -0.381 e. The Labute approximate surface area is 167 Å². The van der Waals surface area contributed by atoms with Gasteiger partial charge in [0, 0.05) is 45.6 Å². The number of carbonyl (C=O) groups excluding carboxylic acids is 1. The van der Waals surface area contributed by atoms with E-state index in [-0.39, 0.29) is 12.1 Å². The highest BCUT2D eigenvalue weighted by Crippen LogP contribution is 2.19. The summed E-state index contributed by atoms with van der Waals surface area (Å²) in [5.41, 5.74) is 2.04. The number of aromatic nitrogens is 2. The summed E-state index contributed by atoms with van der Waals surface area (Å²) in [6.07, 6.45) is 8.35. The van der Waals surface area contributed by atoms with E-state index in [4.69, 9.17) is 0 Å². The largest absolute Gasteiger partial charge is 0.381 e. The molecule has 2 atom stereocenters. The molecule has 150 valence electrons. The van der Waals surface area contributed by atoms with Gasteiger partial charge in [-0.05, 0) is 49.9 Å². The van der Waals surface area contributed by atoms with Crippen LogP contribution in [0.4, 0.5) is 16.3 Å². The molecule has 0 spiro atoms. The molecule has 0 saturated carbocycles. The van der Waals surface area contributed by atoms with Crippen molar-refractivity contribution in [2.75, 3.05) is 37.4 Å². The van der Waals surface area contributed by atoms with Crippen molar-refractivity contribution in [3.8, 4) is 0 Å². The fraction of sp³-hybridized carbons (Fsp3) is 0.476. The monoisotopic (exact) mass is 382 g/mol. The van der Waals surface area contributed by atoms with Crippen molar-refractivity contribution >= 4 is 17.5 Å². The summed E-state index contributed by atoms with van der Waals surface area (Å²) < 4.78 is 0. The van der Waals surface area contributed by atoms with E-state index in [1.165, 1.54) is 0 Å². The van der Waals surface area contributed by atoms with Gasteiger partial charge in [0.15, 0.2) is 0 Å². The van der Waals surface area contributed by atoms with Crippen LogP contribution in [0.15, 0.2) is 42.9 Å². The third-order valence-corrected chi connectivity index (χ3v) is 5.12. The van der Waals surface area contributed by atoms with Crippen molar-refractivity contribution < 1.29 is 4.79 Å². The Balaban J connectivity index is 1.50. The van der Waals surface area contributed by atoms with Gasteiger partial charge in [-0.25, -0.2) is 9.78 Å². The second-order valence-electron chi connectivity index (χ2n) is 7.52. The van der Waals surface area contributed by atoms with Crippen molar-refractivity contribution in [2.24, 2.45) is 0 Å². The number of anilines is 2. The summed E-state index contributed by atoms with van der Waals surface area (Å²) in [7, 11) is 3.96. The molecule has 2 aromatic rings. The Morgan fingerprint density at radius 3 is 2.75 bits per heavy atom. The number of nitrogens with zero attached hydrogens (tertiary/aromatic N) is 4. The van der Waals surface area contributed by atoms with Crippen LogP contribution < -0.4 is 15.5 Å². The van der Waals surface area contributed by atoms with E-state index in [1.54, 1.807) is 12.4 Å². The van der Waals surface area contributed by atoms with Crippen molar-refractivity contribution in [3.63, 3.8) is 0 Å². The second kappa shape index (κ2) is 9.39. The molecule has 0 unspecified atom stereocenters. The molecule has 1 fully saturated rings. The number of urea groups is 1. The van der Waals surface area contributed by atoms with E-state index in [0.29, 0.717) is 6.04 Å². The van der Waals surface area contributed by atoms with Gasteiger partial charge in [0.05, 0.1) is 17.9 Å². The number of hydrogen-bond acceptors (Lipinski definition) is 5. The molecule has 2 amide bonds. The first-order valence-corrected chi connectivity index (χ1v) is 9.88. The van der Waals surface area contributed by atoms with Crippen LogP contribution in [0, 0.1) is 0 Å². The predicted octanol–water partition coefficient (Wildman–Crippen LogP) is 3.28. The van der Waals surface area contributed by atoms with Gasteiger partial charge in [0.1, 0.15) is 5.82 Å². The number of nitrogens with one attached hydrogen (secondary N) is 2. The third-order valence-electron chi connectivity index (χ3n) is 5.12. The first kappa shape index (κ1) is 19.9. The molecule has 0 aliphatic carbocycles. The fourth-order valence-corrected chi connectivity index (χ4v) is 3.41. The Morgan fingerprint density at radius 1 is 1.21 bits per heavy atom. The highest BCUT2D eigenvalue weighted by atomic mass is 16.2. The maximum Gasteiger partial charge on any atom is 0.317 e. The second-order valence-corrected chi connectivity index (χ2v) is 7.52. The number of pyridine rings is 2. The third kappa shape index (κ3) is 5.34. The van der Waals surface area contributed by atoms with Crippen LogP contribution in [0.5, 0.6) is 0 Å². The molecule has 3 heterocycles. The lowest BCUT2D eigenvalue weighted by atomic mass is 10.1. The molecule has 28 heavy (non-hydrogen) atoms. The van der Waals surface area contributed by atoms with Crippen LogP contribution in [0.1, 0.15) is 37.8 Å². The minimum atomic E-state index is -0.0559. The van der Waals surface area contributed by atoms with Crippen LogP contribution >= 0.6 is 0 Å². The number of rotatable bonds is 5. The first-order valence-electron chi connectivity index (χ1n) is 9.88. The molecular weight excluding hydrogens is 352 g/mol. The van der Waals surface area contributed by atoms with E-state index in [9.17, 15) is 4.79 Å². The Hall–Kier alpha value is -2.83. The summed E-state index contributed by atoms with van der Waals surface area (Å²) in [5.74, 6) is 0.942. The molecule has 0 radical (unpaired) electrons. The lowest BCUT2D eigenvalue weighted by Crippen LogP contribution is -2.41. The highest BCUT2D eigenvalue weighted by Gasteiger charge is 2.22. The normalized spacial score (nSPS) is 18.1. The number of likely N-dealkylation sites (tertiary alicyclic amines) is 1. The van der Waals surface area contributed by atoms with Crippen LogP contribution in [0.3, 0.4) is 0 Å². The molecular formula is C21H30N6O. The lowest BCUT2D eigenvalue weighted by molar-refractivity contribution is 0.196. The van der Waals surface area contributed by atoms with Gasteiger partial charge < -0.3 is 20.4 Å². The molecule has 1 aliphatic rings. The van der Waals surface area contributed by atoms with Crippen molar-refractivity contribution in [2.45, 2.75) is 38.3 Å². The minimum absolute atomic E-state index is 0.00555. The summed E-state index contributed by atoms with van der Waals surface area (Å²) in [5, 5.41) is 6.65. The van der Waals surface area contributed by atoms with Gasteiger partial charge in [-0.1, -0.05) is 6.07 Å². The zero-order valence-electron chi connectivity index (χ0n) is 16.9. The Bertz CT molecular complexity index is 749. The molecule has 7 nitrogen and oxygen atoms in total. The van der Waals surface area contributed by atoms with Gasteiger partial charge in [-0.15, -0.1) is 0 Å². The maximum atomic E-state index is 12.7. The molecule has 1 aliphatic heterocycles. The van der Waals surface area contributed by atoms with Crippen LogP contribution in [-0.2, 0) is 0 Å². The molecule has 1 saturated heterocycles. The standard InChI is InChI=1S/C21H30N6O/c1-16(17-6-4-11-22-14-17)24-21(28)27-12-5-7-18(10-13-27)25-19-8-9-20(23-15-19)26(2)3/h4,6,8-9,11,14-16,18,25H,5,7,10,12-13H2,1-3H3,(H,24,28)/t16-,18-/m1/s1. The smallest absolute Gasteiger partial charge is 0.317 e. The van der Waals surface area contributed by atoms with Gasteiger partial charge in [0.2, 0.25) is 0 Å². The van der Waals surface area contributed by atoms with Gasteiger partial charge in [-0.2, -0.15) is 0 Å². The van der Waals surface area contributed by atoms with E-state index < -0.39 is 0 Å². The summed E-state index contributed by atoms with van der Waals surface area (Å²) >= 11 is 0. The van der Waals surface area contributed by atoms with Crippen molar-refractivity contribution in [1.82, 2.24) is 20.2 Å². The number of hydrogen-bond donors (Lipinski definition) is 2. The van der Waals surface area contributed by atoms with Crippen molar-refractivity contribution in [1.29, 1.82) is 0 Å². The maximum absolute atomic E-state index is 12.7. The van der Waals surface area contributed by atoms with Gasteiger partial charge >= 0.3 is 6.03 Å². The van der Waals surface area contributed by atoms with E-state index in [2.05, 4.69) is 26.7 Å². The number of carbonyl (C=O) groups is 1. The summed E-state index contributed by atoms with van der Waals surface area (Å²) in [6, 6.07) is 8.23. The zero-order valence-corrected chi connectivity index (χ0v) is 16.9. The van der Waals surface area contributed by atoms with Crippen LogP contribution in [0.2, 0.25) is 0 Å². The van der Waals surface area contributed by atoms with E-state index in [0.717, 1.165) is 49.4 Å². The van der Waals surface area contributed by atoms with Crippen LogP contribution in [-0.4, -0.2) is 54.1 Å². The molecule has 3 rings (SSSR count).